The van der Waals surface area contributed by atoms with Crippen LogP contribution < -0.4 is 16.0 Å². The fraction of sp³-hybridized carbons (Fsp3) is 0.267. The summed E-state index contributed by atoms with van der Waals surface area (Å²) in [5.74, 6) is -0.707. The summed E-state index contributed by atoms with van der Waals surface area (Å²) in [6.45, 7) is 1.35. The van der Waals surface area contributed by atoms with Crippen molar-refractivity contribution in [3.63, 3.8) is 0 Å². The van der Waals surface area contributed by atoms with Crippen LogP contribution in [0.5, 0.6) is 5.75 Å². The van der Waals surface area contributed by atoms with Crippen LogP contribution in [0, 0.1) is 0 Å². The van der Waals surface area contributed by atoms with Gasteiger partial charge in [-0.25, -0.2) is 9.48 Å². The first kappa shape index (κ1) is 20.8. The Bertz CT molecular complexity index is 1190. The number of aromatic nitrogens is 4. The van der Waals surface area contributed by atoms with E-state index in [4.69, 9.17) is 11.6 Å². The molecule has 2 N–H and O–H groups in total. The van der Waals surface area contributed by atoms with Crippen molar-refractivity contribution < 1.29 is 31.1 Å². The molecule has 3 rings (SSSR count). The highest BCUT2D eigenvalue weighted by molar-refractivity contribution is 6.32. The Morgan fingerprint density at radius 2 is 1.79 bits per heavy atom. The second-order valence-corrected chi connectivity index (χ2v) is 6.24. The first-order valence-corrected chi connectivity index (χ1v) is 8.03. The summed E-state index contributed by atoms with van der Waals surface area (Å²) >= 11 is 5.77. The van der Waals surface area contributed by atoms with Gasteiger partial charge in [0.05, 0.1) is 11.1 Å². The van der Waals surface area contributed by atoms with Crippen molar-refractivity contribution in [2.24, 2.45) is 0 Å². The van der Waals surface area contributed by atoms with E-state index in [-0.39, 0.29) is 5.56 Å². The van der Waals surface area contributed by atoms with Gasteiger partial charge in [0.15, 0.2) is 5.69 Å². The van der Waals surface area contributed by atoms with Crippen LogP contribution in [-0.4, -0.2) is 26.1 Å². The van der Waals surface area contributed by atoms with Gasteiger partial charge < -0.3 is 4.74 Å². The lowest BCUT2D eigenvalue weighted by Crippen LogP contribution is -2.24. The average Bonchev–Trinajstić information content (AvgIpc) is 2.94. The quantitative estimate of drug-likeness (QED) is 0.606. The predicted octanol–water partition coefficient (Wildman–Crippen LogP) is 3.59. The summed E-state index contributed by atoms with van der Waals surface area (Å²) in [5, 5.41) is 2.06. The van der Waals surface area contributed by atoms with Crippen LogP contribution in [0.25, 0.3) is 11.0 Å². The number of H-pyrrole nitrogens is 2. The van der Waals surface area contributed by atoms with Crippen molar-refractivity contribution in [1.82, 2.24) is 19.7 Å². The molecule has 0 aliphatic rings. The standard InChI is InChI=1S/C15H9ClF6N4O3/c1-5(6-2-3-8(7(16)4-6)29-15(20,21)22)26-11-9(10(25-26)14(17,18)19)12(27)24-13(28)23-11/h2-5H,1H3,(H2,23,24,27,28)/t5-/m0/s1. The van der Waals surface area contributed by atoms with Gasteiger partial charge in [0.1, 0.15) is 16.8 Å². The van der Waals surface area contributed by atoms with Gasteiger partial charge in [-0.15, -0.1) is 13.2 Å². The molecular weight excluding hydrogens is 434 g/mol. The molecule has 3 aromatic rings. The number of benzene rings is 1. The topological polar surface area (TPSA) is 92.8 Å². The number of alkyl halides is 6. The van der Waals surface area contributed by atoms with E-state index in [1.165, 1.54) is 6.92 Å². The molecule has 0 fully saturated rings. The van der Waals surface area contributed by atoms with Crippen molar-refractivity contribution in [3.05, 3.63) is 55.3 Å². The third-order valence-electron chi connectivity index (χ3n) is 3.90. The fourth-order valence-electron chi connectivity index (χ4n) is 2.68. The number of rotatable bonds is 3. The van der Waals surface area contributed by atoms with E-state index in [0.717, 1.165) is 22.9 Å². The molecule has 0 radical (unpaired) electrons. The van der Waals surface area contributed by atoms with E-state index in [9.17, 15) is 35.9 Å². The molecule has 0 aliphatic heterocycles. The number of hydrogen-bond acceptors (Lipinski definition) is 4. The molecule has 0 saturated carbocycles. The predicted molar refractivity (Wildman–Crippen MR) is 87.9 cm³/mol. The Labute approximate surface area is 160 Å². The van der Waals surface area contributed by atoms with Crippen LogP contribution in [0.1, 0.15) is 24.2 Å². The zero-order valence-corrected chi connectivity index (χ0v) is 14.8. The van der Waals surface area contributed by atoms with Gasteiger partial charge in [0, 0.05) is 0 Å². The molecule has 0 spiro atoms. The van der Waals surface area contributed by atoms with Gasteiger partial charge in [-0.3, -0.25) is 14.8 Å². The molecular formula is C15H9ClF6N4O3. The van der Waals surface area contributed by atoms with Crippen LogP contribution in [0.15, 0.2) is 27.8 Å². The average molecular weight is 443 g/mol. The highest BCUT2D eigenvalue weighted by Gasteiger charge is 2.39. The van der Waals surface area contributed by atoms with Crippen molar-refractivity contribution >= 4 is 22.6 Å². The van der Waals surface area contributed by atoms with E-state index in [1.807, 2.05) is 0 Å². The Balaban J connectivity index is 2.15. The maximum atomic E-state index is 13.3. The van der Waals surface area contributed by atoms with Crippen LogP contribution in [0.3, 0.4) is 0 Å². The molecule has 2 heterocycles. The molecule has 14 heteroatoms. The van der Waals surface area contributed by atoms with E-state index in [2.05, 4.69) is 14.8 Å². The lowest BCUT2D eigenvalue weighted by atomic mass is 10.1. The summed E-state index contributed by atoms with van der Waals surface area (Å²) in [6, 6.07) is 2.00. The van der Waals surface area contributed by atoms with E-state index < -0.39 is 57.3 Å². The van der Waals surface area contributed by atoms with Gasteiger partial charge in [-0.1, -0.05) is 17.7 Å². The smallest absolute Gasteiger partial charge is 0.404 e. The highest BCUT2D eigenvalue weighted by atomic mass is 35.5. The summed E-state index contributed by atoms with van der Waals surface area (Å²) in [6.07, 6.45) is -9.99. The van der Waals surface area contributed by atoms with Gasteiger partial charge in [0.2, 0.25) is 0 Å². The number of nitrogens with zero attached hydrogens (tertiary/aromatic N) is 2. The Morgan fingerprint density at radius 3 is 2.34 bits per heavy atom. The Hall–Kier alpha value is -2.96. The van der Waals surface area contributed by atoms with Crippen molar-refractivity contribution in [2.45, 2.75) is 25.5 Å². The van der Waals surface area contributed by atoms with Gasteiger partial charge in [0.25, 0.3) is 5.56 Å². The van der Waals surface area contributed by atoms with Crippen LogP contribution in [0.4, 0.5) is 26.3 Å². The molecule has 2 aromatic heterocycles. The molecule has 0 bridgehead atoms. The van der Waals surface area contributed by atoms with Crippen molar-refractivity contribution in [2.75, 3.05) is 0 Å². The molecule has 0 amide bonds. The summed E-state index contributed by atoms with van der Waals surface area (Å²) in [5.41, 5.74) is -4.24. The normalized spacial score (nSPS) is 13.7. The molecule has 7 nitrogen and oxygen atoms in total. The van der Waals surface area contributed by atoms with Crippen LogP contribution in [-0.2, 0) is 6.18 Å². The minimum Gasteiger partial charge on any atom is -0.404 e. The first-order chi connectivity index (χ1) is 13.3. The third-order valence-corrected chi connectivity index (χ3v) is 4.19. The monoisotopic (exact) mass is 442 g/mol. The molecule has 0 unspecified atom stereocenters. The summed E-state index contributed by atoms with van der Waals surface area (Å²) < 4.78 is 81.3. The Kier molecular flexibility index (Phi) is 4.89. The number of aromatic amines is 2. The van der Waals surface area contributed by atoms with E-state index >= 15 is 0 Å². The molecule has 0 saturated heterocycles. The minimum atomic E-state index is -5.00. The highest BCUT2D eigenvalue weighted by Crippen LogP contribution is 2.36. The first-order valence-electron chi connectivity index (χ1n) is 7.65. The SMILES string of the molecule is C[C@@H](c1ccc(OC(F)(F)F)c(Cl)c1)n1nc(C(F)(F)F)c2c(=O)[nH]c(=O)[nH]c21. The maximum Gasteiger partial charge on any atom is 0.573 e. The second-order valence-electron chi connectivity index (χ2n) is 5.84. The molecule has 1 aromatic carbocycles. The number of fused-ring (bicyclic) bond motifs is 1. The van der Waals surface area contributed by atoms with E-state index in [1.54, 1.807) is 4.98 Å². The van der Waals surface area contributed by atoms with Gasteiger partial charge >= 0.3 is 18.2 Å². The lowest BCUT2D eigenvalue weighted by molar-refractivity contribution is -0.274. The zero-order chi connectivity index (χ0) is 21.7. The second kappa shape index (κ2) is 6.83. The summed E-state index contributed by atoms with van der Waals surface area (Å²) in [7, 11) is 0. The lowest BCUT2D eigenvalue weighted by Gasteiger charge is -2.16. The fourth-order valence-corrected chi connectivity index (χ4v) is 2.91. The Morgan fingerprint density at radius 1 is 1.14 bits per heavy atom. The number of halogens is 7. The largest absolute Gasteiger partial charge is 0.573 e. The summed E-state index contributed by atoms with van der Waals surface area (Å²) in [4.78, 5) is 27.2. The van der Waals surface area contributed by atoms with Crippen LogP contribution >= 0.6 is 11.6 Å². The van der Waals surface area contributed by atoms with Gasteiger partial charge in [-0.05, 0) is 24.6 Å². The molecule has 0 aliphatic carbocycles. The number of nitrogens with one attached hydrogen (secondary N) is 2. The maximum absolute atomic E-state index is 13.3. The van der Waals surface area contributed by atoms with E-state index in [0.29, 0.717) is 0 Å². The minimum absolute atomic E-state index is 0.142. The molecule has 1 atom stereocenters. The third kappa shape index (κ3) is 4.09. The zero-order valence-electron chi connectivity index (χ0n) is 14.1. The number of hydrogen-bond donors (Lipinski definition) is 2. The molecule has 29 heavy (non-hydrogen) atoms. The van der Waals surface area contributed by atoms with Gasteiger partial charge in [-0.2, -0.15) is 18.3 Å². The molecule has 156 valence electrons. The van der Waals surface area contributed by atoms with Crippen molar-refractivity contribution in [3.8, 4) is 5.75 Å². The number of ether oxygens (including phenoxy) is 1. The van der Waals surface area contributed by atoms with Crippen LogP contribution in [0.2, 0.25) is 5.02 Å². The van der Waals surface area contributed by atoms with Crippen molar-refractivity contribution in [1.29, 1.82) is 0 Å².